The molecule has 18 heavy (non-hydrogen) atoms. The van der Waals surface area contributed by atoms with Crippen LogP contribution in [-0.2, 0) is 16.6 Å². The number of aryl methyl sites for hydroxylation is 1. The van der Waals surface area contributed by atoms with E-state index >= 15 is 0 Å². The number of piperidine rings is 1. The number of likely N-dealkylation sites (tertiary alicyclic amines) is 1. The highest BCUT2D eigenvalue weighted by atomic mass is 19.1. The van der Waals surface area contributed by atoms with Crippen LogP contribution in [0.25, 0.3) is 0 Å². The molecule has 2 atom stereocenters. The normalized spacial score (nSPS) is 30.9. The highest BCUT2D eigenvalue weighted by Crippen LogP contribution is 2.45. The third kappa shape index (κ3) is 1.49. The molecule has 1 heterocycles. The Morgan fingerprint density at radius 3 is 2.94 bits per heavy atom. The molecule has 1 aliphatic heterocycles. The number of carbonyl (C=O) groups is 1. The van der Waals surface area contributed by atoms with Crippen molar-refractivity contribution in [3.8, 4) is 0 Å². The number of likely N-dealkylation sites (N-methyl/N-ethyl adjacent to an activating group) is 1. The van der Waals surface area contributed by atoms with Crippen LogP contribution in [-0.4, -0.2) is 23.9 Å². The van der Waals surface area contributed by atoms with Gasteiger partial charge in [-0.25, -0.2) is 4.39 Å². The fraction of sp³-hybridized carbons (Fsp3) is 0.533. The third-order valence-corrected chi connectivity index (χ3v) is 4.82. The number of amides is 1. The monoisotopic (exact) mass is 247 g/mol. The molecule has 1 fully saturated rings. The van der Waals surface area contributed by atoms with E-state index in [0.717, 1.165) is 24.8 Å². The molecule has 0 aromatic heterocycles. The Balaban J connectivity index is 2.09. The minimum Gasteiger partial charge on any atom is -0.342 e. The Bertz CT molecular complexity index is 513. The van der Waals surface area contributed by atoms with E-state index in [4.69, 9.17) is 0 Å². The zero-order chi connectivity index (χ0) is 12.9. The van der Waals surface area contributed by atoms with Crippen molar-refractivity contribution in [2.45, 2.75) is 44.1 Å². The lowest BCUT2D eigenvalue weighted by molar-refractivity contribution is -0.138. The predicted molar refractivity (Wildman–Crippen MR) is 67.9 cm³/mol. The van der Waals surface area contributed by atoms with Gasteiger partial charge in [-0.3, -0.25) is 4.79 Å². The molecule has 96 valence electrons. The third-order valence-electron chi connectivity index (χ3n) is 4.82. The van der Waals surface area contributed by atoms with Gasteiger partial charge in [0.1, 0.15) is 5.82 Å². The van der Waals surface area contributed by atoms with Gasteiger partial charge in [0, 0.05) is 24.9 Å². The first-order chi connectivity index (χ1) is 8.52. The van der Waals surface area contributed by atoms with E-state index in [2.05, 4.69) is 6.92 Å². The van der Waals surface area contributed by atoms with E-state index in [1.165, 1.54) is 5.56 Å². The second kappa shape index (κ2) is 3.81. The maximum absolute atomic E-state index is 13.3. The summed E-state index contributed by atoms with van der Waals surface area (Å²) in [6, 6.07) is 5.38. The second-order valence-electron chi connectivity index (χ2n) is 5.78. The number of carbonyl (C=O) groups excluding carboxylic acids is 1. The van der Waals surface area contributed by atoms with Crippen molar-refractivity contribution >= 4 is 5.91 Å². The molecule has 0 radical (unpaired) electrons. The zero-order valence-electron chi connectivity index (χ0n) is 10.9. The van der Waals surface area contributed by atoms with Crippen LogP contribution in [0.3, 0.4) is 0 Å². The number of rotatable bonds is 0. The van der Waals surface area contributed by atoms with Crippen molar-refractivity contribution < 1.29 is 9.18 Å². The molecular weight excluding hydrogens is 229 g/mol. The summed E-state index contributed by atoms with van der Waals surface area (Å²) in [5, 5.41) is 0. The summed E-state index contributed by atoms with van der Waals surface area (Å²) in [5.74, 6) is 0.0825. The fourth-order valence-corrected chi connectivity index (χ4v) is 3.76. The second-order valence-corrected chi connectivity index (χ2v) is 5.78. The quantitative estimate of drug-likeness (QED) is 0.690. The number of hydrogen-bond acceptors (Lipinski definition) is 1. The van der Waals surface area contributed by atoms with E-state index in [-0.39, 0.29) is 23.2 Å². The average Bonchev–Trinajstić information content (AvgIpc) is 2.34. The number of benzene rings is 1. The van der Waals surface area contributed by atoms with Crippen LogP contribution in [0.2, 0.25) is 0 Å². The first-order valence-electron chi connectivity index (χ1n) is 6.57. The minimum absolute atomic E-state index is 0.00998. The first-order valence-corrected chi connectivity index (χ1v) is 6.57. The van der Waals surface area contributed by atoms with Gasteiger partial charge in [-0.1, -0.05) is 13.0 Å². The van der Waals surface area contributed by atoms with Crippen LogP contribution in [0.5, 0.6) is 0 Å². The van der Waals surface area contributed by atoms with Gasteiger partial charge in [-0.15, -0.1) is 0 Å². The molecular formula is C15H18FNO. The molecule has 0 unspecified atom stereocenters. The van der Waals surface area contributed by atoms with Gasteiger partial charge in [0.2, 0.25) is 5.91 Å². The summed E-state index contributed by atoms with van der Waals surface area (Å²) >= 11 is 0. The van der Waals surface area contributed by atoms with Crippen LogP contribution in [0.4, 0.5) is 4.39 Å². The zero-order valence-corrected chi connectivity index (χ0v) is 10.9. The molecule has 2 nitrogen and oxygen atoms in total. The molecule has 1 saturated heterocycles. The van der Waals surface area contributed by atoms with Gasteiger partial charge >= 0.3 is 0 Å². The molecule has 0 spiro atoms. The summed E-state index contributed by atoms with van der Waals surface area (Å²) in [4.78, 5) is 13.7. The van der Waals surface area contributed by atoms with Crippen molar-refractivity contribution in [2.75, 3.05) is 7.05 Å². The summed E-state index contributed by atoms with van der Waals surface area (Å²) in [6.45, 7) is 2.22. The van der Waals surface area contributed by atoms with E-state index in [0.29, 0.717) is 6.42 Å². The van der Waals surface area contributed by atoms with Crippen LogP contribution < -0.4 is 0 Å². The molecule has 3 rings (SSSR count). The number of fused-ring (bicyclic) bond motifs is 3. The molecule has 0 saturated carbocycles. The van der Waals surface area contributed by atoms with Crippen molar-refractivity contribution in [2.24, 2.45) is 0 Å². The van der Waals surface area contributed by atoms with Gasteiger partial charge in [0.25, 0.3) is 0 Å². The minimum atomic E-state index is -0.156. The Morgan fingerprint density at radius 1 is 1.39 bits per heavy atom. The molecule has 1 aromatic carbocycles. The van der Waals surface area contributed by atoms with Crippen molar-refractivity contribution in [3.63, 3.8) is 0 Å². The maximum atomic E-state index is 13.3. The lowest BCUT2D eigenvalue weighted by Gasteiger charge is -2.50. The summed E-state index contributed by atoms with van der Waals surface area (Å²) in [7, 11) is 1.90. The fourth-order valence-electron chi connectivity index (χ4n) is 3.76. The first kappa shape index (κ1) is 11.7. The molecule has 0 bridgehead atoms. The lowest BCUT2D eigenvalue weighted by Crippen LogP contribution is -2.56. The summed E-state index contributed by atoms with van der Waals surface area (Å²) in [5.41, 5.74) is 2.35. The Morgan fingerprint density at radius 2 is 2.17 bits per heavy atom. The summed E-state index contributed by atoms with van der Waals surface area (Å²) < 4.78 is 13.3. The average molecular weight is 247 g/mol. The molecule has 0 N–H and O–H groups in total. The van der Waals surface area contributed by atoms with Crippen LogP contribution >= 0.6 is 0 Å². The number of nitrogens with zero attached hydrogens (tertiary/aromatic N) is 1. The molecule has 1 aromatic rings. The molecule has 3 heteroatoms. The van der Waals surface area contributed by atoms with Crippen molar-refractivity contribution in [3.05, 3.63) is 35.1 Å². The Kier molecular flexibility index (Phi) is 2.47. The Hall–Kier alpha value is -1.38. The largest absolute Gasteiger partial charge is 0.342 e. The molecule has 2 aliphatic rings. The maximum Gasteiger partial charge on any atom is 0.222 e. The van der Waals surface area contributed by atoms with E-state index in [1.807, 2.05) is 18.0 Å². The van der Waals surface area contributed by atoms with Crippen LogP contribution in [0.1, 0.15) is 37.3 Å². The number of hydrogen-bond donors (Lipinski definition) is 0. The van der Waals surface area contributed by atoms with Crippen LogP contribution in [0.15, 0.2) is 18.2 Å². The van der Waals surface area contributed by atoms with Gasteiger partial charge in [-0.05, 0) is 42.5 Å². The van der Waals surface area contributed by atoms with Gasteiger partial charge in [0.15, 0.2) is 0 Å². The standard InChI is InChI=1S/C15H18FNO/c1-15-8-7-14(18)17(2)13(15)6-3-10-9-11(16)4-5-12(10)15/h4-5,9,13H,3,6-8H2,1-2H3/t13-,15-/m0/s1. The summed E-state index contributed by atoms with van der Waals surface area (Å²) in [6.07, 6.45) is 3.28. The van der Waals surface area contributed by atoms with Gasteiger partial charge in [0.05, 0.1) is 0 Å². The lowest BCUT2D eigenvalue weighted by atomic mass is 9.63. The molecule has 1 aliphatic carbocycles. The SMILES string of the molecule is CN1C(=O)CC[C@@]2(C)c3ccc(F)cc3CC[C@H]12. The molecule has 1 amide bonds. The van der Waals surface area contributed by atoms with E-state index in [9.17, 15) is 9.18 Å². The predicted octanol–water partition coefficient (Wildman–Crippen LogP) is 2.65. The van der Waals surface area contributed by atoms with Crippen molar-refractivity contribution in [1.82, 2.24) is 4.90 Å². The van der Waals surface area contributed by atoms with E-state index < -0.39 is 0 Å². The highest BCUT2D eigenvalue weighted by molar-refractivity contribution is 5.78. The smallest absolute Gasteiger partial charge is 0.222 e. The van der Waals surface area contributed by atoms with Gasteiger partial charge < -0.3 is 4.90 Å². The van der Waals surface area contributed by atoms with Gasteiger partial charge in [-0.2, -0.15) is 0 Å². The van der Waals surface area contributed by atoms with Crippen LogP contribution in [0, 0.1) is 5.82 Å². The van der Waals surface area contributed by atoms with E-state index in [1.54, 1.807) is 12.1 Å². The topological polar surface area (TPSA) is 20.3 Å². The number of halogens is 1. The Labute approximate surface area is 107 Å². The highest BCUT2D eigenvalue weighted by Gasteiger charge is 2.46. The van der Waals surface area contributed by atoms with Crippen molar-refractivity contribution in [1.29, 1.82) is 0 Å².